The number of halogens is 3. The summed E-state index contributed by atoms with van der Waals surface area (Å²) in [6, 6.07) is -0.0745. The standard InChI is InChI=1S/C11H21F3N2O2/c1-9(8-18-2)16-10(17)7-15-6-4-3-5-11(12,13)14/h9,15H,3-8H2,1-2H3,(H,16,17). The van der Waals surface area contributed by atoms with Crippen molar-refractivity contribution < 1.29 is 22.7 Å². The molecule has 0 saturated heterocycles. The summed E-state index contributed by atoms with van der Waals surface area (Å²) in [7, 11) is 1.54. The Morgan fingerprint density at radius 1 is 1.33 bits per heavy atom. The first-order valence-electron chi connectivity index (χ1n) is 5.91. The van der Waals surface area contributed by atoms with Gasteiger partial charge in [-0.15, -0.1) is 0 Å². The summed E-state index contributed by atoms with van der Waals surface area (Å²) in [4.78, 5) is 11.3. The second-order valence-corrected chi connectivity index (χ2v) is 4.17. The van der Waals surface area contributed by atoms with Gasteiger partial charge in [-0.2, -0.15) is 13.2 Å². The molecule has 0 bridgehead atoms. The smallest absolute Gasteiger partial charge is 0.383 e. The van der Waals surface area contributed by atoms with Crippen molar-refractivity contribution in [2.75, 3.05) is 26.8 Å². The number of carbonyl (C=O) groups is 1. The van der Waals surface area contributed by atoms with Crippen molar-refractivity contribution in [1.82, 2.24) is 10.6 Å². The molecule has 2 N–H and O–H groups in total. The molecule has 4 nitrogen and oxygen atoms in total. The van der Waals surface area contributed by atoms with Crippen LogP contribution < -0.4 is 10.6 Å². The number of hydrogen-bond donors (Lipinski definition) is 2. The molecule has 1 amide bonds. The number of amides is 1. The van der Waals surface area contributed by atoms with E-state index in [0.29, 0.717) is 19.6 Å². The first kappa shape index (κ1) is 17.2. The molecular formula is C11H21F3N2O2. The second-order valence-electron chi connectivity index (χ2n) is 4.17. The lowest BCUT2D eigenvalue weighted by Crippen LogP contribution is -2.41. The number of ether oxygens (including phenoxy) is 1. The first-order valence-corrected chi connectivity index (χ1v) is 5.91. The van der Waals surface area contributed by atoms with E-state index < -0.39 is 12.6 Å². The van der Waals surface area contributed by atoms with E-state index in [4.69, 9.17) is 4.74 Å². The van der Waals surface area contributed by atoms with Crippen molar-refractivity contribution >= 4 is 5.91 Å². The third-order valence-electron chi connectivity index (χ3n) is 2.17. The third kappa shape index (κ3) is 11.7. The predicted molar refractivity (Wildman–Crippen MR) is 62.3 cm³/mol. The van der Waals surface area contributed by atoms with Gasteiger partial charge >= 0.3 is 6.18 Å². The molecule has 108 valence electrons. The summed E-state index contributed by atoms with van der Waals surface area (Å²) in [5.74, 6) is -0.185. The van der Waals surface area contributed by atoms with Crippen LogP contribution in [0.25, 0.3) is 0 Å². The van der Waals surface area contributed by atoms with Crippen molar-refractivity contribution in [1.29, 1.82) is 0 Å². The maximum absolute atomic E-state index is 11.8. The zero-order valence-electron chi connectivity index (χ0n) is 10.8. The Kier molecular flexibility index (Phi) is 8.74. The van der Waals surface area contributed by atoms with E-state index >= 15 is 0 Å². The highest BCUT2D eigenvalue weighted by atomic mass is 19.4. The van der Waals surface area contributed by atoms with Gasteiger partial charge < -0.3 is 15.4 Å². The van der Waals surface area contributed by atoms with E-state index in [2.05, 4.69) is 10.6 Å². The molecule has 0 aliphatic carbocycles. The number of nitrogens with one attached hydrogen (secondary N) is 2. The molecule has 0 aromatic rings. The van der Waals surface area contributed by atoms with Crippen molar-refractivity contribution in [3.05, 3.63) is 0 Å². The van der Waals surface area contributed by atoms with Crippen LogP contribution in [0.4, 0.5) is 13.2 Å². The van der Waals surface area contributed by atoms with Crippen LogP contribution in [0, 0.1) is 0 Å². The van der Waals surface area contributed by atoms with Crippen LogP contribution in [0.2, 0.25) is 0 Å². The summed E-state index contributed by atoms with van der Waals surface area (Å²) in [6.45, 7) is 2.75. The van der Waals surface area contributed by atoms with Crippen molar-refractivity contribution in [2.24, 2.45) is 0 Å². The van der Waals surface area contributed by atoms with E-state index in [1.54, 1.807) is 7.11 Å². The zero-order chi connectivity index (χ0) is 14.0. The van der Waals surface area contributed by atoms with E-state index in [-0.39, 0.29) is 24.9 Å². The van der Waals surface area contributed by atoms with E-state index in [9.17, 15) is 18.0 Å². The normalized spacial score (nSPS) is 13.4. The fourth-order valence-electron chi connectivity index (χ4n) is 1.39. The molecule has 0 heterocycles. The maximum atomic E-state index is 11.8. The molecule has 0 aliphatic rings. The average Bonchev–Trinajstić information content (AvgIpc) is 2.21. The van der Waals surface area contributed by atoms with E-state index in [1.807, 2.05) is 6.92 Å². The minimum atomic E-state index is -4.09. The molecule has 0 saturated carbocycles. The van der Waals surface area contributed by atoms with Gasteiger partial charge in [-0.05, 0) is 26.3 Å². The highest BCUT2D eigenvalue weighted by Crippen LogP contribution is 2.21. The van der Waals surface area contributed by atoms with Crippen LogP contribution in [0.5, 0.6) is 0 Å². The Labute approximate surface area is 105 Å². The number of unbranched alkanes of at least 4 members (excludes halogenated alkanes) is 1. The van der Waals surface area contributed by atoms with Gasteiger partial charge in [0.2, 0.25) is 5.91 Å². The fourth-order valence-corrected chi connectivity index (χ4v) is 1.39. The fraction of sp³-hybridized carbons (Fsp3) is 0.909. The Hall–Kier alpha value is -0.820. The Morgan fingerprint density at radius 3 is 2.56 bits per heavy atom. The summed E-state index contributed by atoms with van der Waals surface area (Å²) in [5.41, 5.74) is 0. The molecule has 18 heavy (non-hydrogen) atoms. The molecule has 0 aromatic carbocycles. The van der Waals surface area contributed by atoms with Crippen LogP contribution >= 0.6 is 0 Å². The van der Waals surface area contributed by atoms with Gasteiger partial charge in [0.25, 0.3) is 0 Å². The van der Waals surface area contributed by atoms with E-state index in [0.717, 1.165) is 0 Å². The Balaban J connectivity index is 3.41. The van der Waals surface area contributed by atoms with Gasteiger partial charge in [0.15, 0.2) is 0 Å². The maximum Gasteiger partial charge on any atom is 0.389 e. The monoisotopic (exact) mass is 270 g/mol. The molecule has 0 fully saturated rings. The third-order valence-corrected chi connectivity index (χ3v) is 2.17. The number of alkyl halides is 3. The van der Waals surface area contributed by atoms with Crippen LogP contribution in [0.3, 0.4) is 0 Å². The van der Waals surface area contributed by atoms with Crippen LogP contribution in [0.15, 0.2) is 0 Å². The Bertz CT molecular complexity index is 235. The van der Waals surface area contributed by atoms with Crippen molar-refractivity contribution in [2.45, 2.75) is 38.4 Å². The molecule has 7 heteroatoms. The van der Waals surface area contributed by atoms with Gasteiger partial charge in [0, 0.05) is 19.6 Å². The van der Waals surface area contributed by atoms with E-state index in [1.165, 1.54) is 0 Å². The quantitative estimate of drug-likeness (QED) is 0.624. The number of methoxy groups -OCH3 is 1. The lowest BCUT2D eigenvalue weighted by atomic mass is 10.2. The highest BCUT2D eigenvalue weighted by Gasteiger charge is 2.25. The van der Waals surface area contributed by atoms with Gasteiger partial charge in [0.1, 0.15) is 0 Å². The summed E-state index contributed by atoms with van der Waals surface area (Å²) >= 11 is 0. The summed E-state index contributed by atoms with van der Waals surface area (Å²) in [6.07, 6.45) is -4.38. The summed E-state index contributed by atoms with van der Waals surface area (Å²) in [5, 5.41) is 5.49. The van der Waals surface area contributed by atoms with Crippen molar-refractivity contribution in [3.63, 3.8) is 0 Å². The van der Waals surface area contributed by atoms with Crippen LogP contribution in [-0.2, 0) is 9.53 Å². The molecule has 1 atom stereocenters. The lowest BCUT2D eigenvalue weighted by molar-refractivity contribution is -0.135. The summed E-state index contributed by atoms with van der Waals surface area (Å²) < 4.78 is 40.3. The van der Waals surface area contributed by atoms with Crippen LogP contribution in [-0.4, -0.2) is 44.9 Å². The lowest BCUT2D eigenvalue weighted by Gasteiger charge is -2.13. The SMILES string of the molecule is COCC(C)NC(=O)CNCCCCC(F)(F)F. The predicted octanol–water partition coefficient (Wildman–Crippen LogP) is 1.46. The van der Waals surface area contributed by atoms with Gasteiger partial charge in [-0.1, -0.05) is 0 Å². The average molecular weight is 270 g/mol. The molecular weight excluding hydrogens is 249 g/mol. The topological polar surface area (TPSA) is 50.4 Å². The largest absolute Gasteiger partial charge is 0.389 e. The first-order chi connectivity index (χ1) is 8.35. The molecule has 0 aromatic heterocycles. The molecule has 1 unspecified atom stereocenters. The van der Waals surface area contributed by atoms with Gasteiger partial charge in [-0.25, -0.2) is 0 Å². The second kappa shape index (κ2) is 9.16. The molecule has 0 aliphatic heterocycles. The minimum Gasteiger partial charge on any atom is -0.383 e. The highest BCUT2D eigenvalue weighted by molar-refractivity contribution is 5.78. The zero-order valence-corrected chi connectivity index (χ0v) is 10.8. The number of hydrogen-bond acceptors (Lipinski definition) is 3. The van der Waals surface area contributed by atoms with Crippen molar-refractivity contribution in [3.8, 4) is 0 Å². The van der Waals surface area contributed by atoms with Gasteiger partial charge in [0.05, 0.1) is 13.2 Å². The number of rotatable bonds is 9. The number of carbonyl (C=O) groups excluding carboxylic acids is 1. The van der Waals surface area contributed by atoms with Gasteiger partial charge in [-0.3, -0.25) is 4.79 Å². The molecule has 0 radical (unpaired) electrons. The van der Waals surface area contributed by atoms with Crippen LogP contribution in [0.1, 0.15) is 26.2 Å². The molecule has 0 rings (SSSR count). The minimum absolute atomic E-state index is 0.0745. The molecule has 0 spiro atoms. The Morgan fingerprint density at radius 2 is 2.00 bits per heavy atom.